The van der Waals surface area contributed by atoms with E-state index in [4.69, 9.17) is 0 Å². The molecule has 1 fully saturated rings. The summed E-state index contributed by atoms with van der Waals surface area (Å²) in [7, 11) is 0. The molecule has 288 valence electrons. The number of carbonyl (C=O) groups is 5. The Morgan fingerprint density at radius 3 is 2.25 bits per heavy atom. The van der Waals surface area contributed by atoms with Gasteiger partial charge in [-0.3, -0.25) is 24.0 Å². The number of ketones is 1. The lowest BCUT2D eigenvalue weighted by Crippen LogP contribution is -2.61. The molecule has 52 heavy (non-hydrogen) atoms. The number of hydrogen-bond donors (Lipinski definition) is 4. The molecule has 0 saturated carbocycles. The summed E-state index contributed by atoms with van der Waals surface area (Å²) in [6.07, 6.45) is -3.26. The van der Waals surface area contributed by atoms with Gasteiger partial charge in [0, 0.05) is 44.2 Å². The first kappa shape index (κ1) is 42.0. The average Bonchev–Trinajstić information content (AvgIpc) is 3.32. The van der Waals surface area contributed by atoms with E-state index in [2.05, 4.69) is 27.8 Å². The van der Waals surface area contributed by atoms with Crippen LogP contribution in [-0.2, 0) is 25.7 Å². The molecule has 4 N–H and O–H groups in total. The SMILES string of the molecule is C=CCNC(=O)C(=O)C(CCCC(F)(F)F)NC(=O)[C@@H]1[C@H]2CC(C(C)C)=C2CN1C(=O)[C@@H](NC(=O)N[C@H](Cn1ccccc1=O)C(C)C)C(C)(C)C. The van der Waals surface area contributed by atoms with Gasteiger partial charge in [-0.15, -0.1) is 6.58 Å². The lowest BCUT2D eigenvalue weighted by molar-refractivity contribution is -0.145. The molecule has 15 heteroatoms. The standard InChI is InChI=1S/C37H53F3N6O6/c1-9-16-41-33(50)30(48)26(13-12-15-37(38,39)40)42-32(49)29-24-18-23(21(2)3)25(24)19-46(29)34(51)31(36(6,7)8)44-35(52)43-27(22(4)5)20-45-17-11-10-14-28(45)47/h9-11,14,17,21-22,24,26-27,29,31H,1,12-13,15-16,18-20H2,2-8H3,(H,41,50)(H,42,49)(H2,43,44,52)/t24-,26?,27+,29-,31+/m0/s1. The molecule has 5 atom stereocenters. The number of allylic oxidation sites excluding steroid dienone is 1. The second-order valence-corrected chi connectivity index (χ2v) is 15.3. The Labute approximate surface area is 303 Å². The van der Waals surface area contributed by atoms with Crippen molar-refractivity contribution in [1.29, 1.82) is 0 Å². The molecule has 1 aliphatic heterocycles. The summed E-state index contributed by atoms with van der Waals surface area (Å²) in [5.74, 6) is -3.89. The highest BCUT2D eigenvalue weighted by molar-refractivity contribution is 6.38. The van der Waals surface area contributed by atoms with Crippen molar-refractivity contribution < 1.29 is 37.1 Å². The molecule has 1 aromatic rings. The molecule has 0 aromatic carbocycles. The maximum atomic E-state index is 14.5. The Kier molecular flexibility index (Phi) is 14.0. The minimum atomic E-state index is -4.51. The second-order valence-electron chi connectivity index (χ2n) is 15.3. The lowest BCUT2D eigenvalue weighted by atomic mass is 9.72. The Morgan fingerprint density at radius 2 is 1.69 bits per heavy atom. The largest absolute Gasteiger partial charge is 0.389 e. The van der Waals surface area contributed by atoms with Crippen LogP contribution in [0.3, 0.4) is 0 Å². The van der Waals surface area contributed by atoms with Crippen LogP contribution < -0.4 is 26.8 Å². The van der Waals surface area contributed by atoms with Crippen LogP contribution in [0.2, 0.25) is 0 Å². The van der Waals surface area contributed by atoms with Crippen LogP contribution in [0, 0.1) is 23.2 Å². The van der Waals surface area contributed by atoms with Gasteiger partial charge in [-0.05, 0) is 48.2 Å². The molecule has 0 spiro atoms. The number of amides is 5. The summed E-state index contributed by atoms with van der Waals surface area (Å²) in [5, 5.41) is 10.5. The molecule has 1 saturated heterocycles. The third kappa shape index (κ3) is 10.8. The average molecular weight is 735 g/mol. The van der Waals surface area contributed by atoms with Gasteiger partial charge in [0.1, 0.15) is 12.1 Å². The normalized spacial score (nSPS) is 19.0. The van der Waals surface area contributed by atoms with E-state index in [0.717, 1.165) is 11.1 Å². The van der Waals surface area contributed by atoms with Crippen LogP contribution in [0.25, 0.3) is 0 Å². The highest BCUT2D eigenvalue weighted by Crippen LogP contribution is 2.48. The summed E-state index contributed by atoms with van der Waals surface area (Å²) in [5.41, 5.74) is 0.879. The molecule has 12 nitrogen and oxygen atoms in total. The van der Waals surface area contributed by atoms with Crippen molar-refractivity contribution in [2.45, 2.75) is 111 Å². The van der Waals surface area contributed by atoms with Crippen LogP contribution in [0.1, 0.15) is 74.1 Å². The molecule has 0 radical (unpaired) electrons. The van der Waals surface area contributed by atoms with E-state index < -0.39 is 90.5 Å². The van der Waals surface area contributed by atoms with E-state index in [1.54, 1.807) is 39.1 Å². The minimum Gasteiger partial charge on any atom is -0.346 e. The molecule has 1 aliphatic carbocycles. The molecule has 2 aliphatic rings. The van der Waals surface area contributed by atoms with E-state index in [0.29, 0.717) is 6.42 Å². The quantitative estimate of drug-likeness (QED) is 0.149. The van der Waals surface area contributed by atoms with Crippen LogP contribution in [0.5, 0.6) is 0 Å². The van der Waals surface area contributed by atoms with Gasteiger partial charge in [0.15, 0.2) is 0 Å². The fourth-order valence-electron chi connectivity index (χ4n) is 6.61. The van der Waals surface area contributed by atoms with Crippen LogP contribution in [-0.4, -0.2) is 82.4 Å². The molecule has 2 heterocycles. The second kappa shape index (κ2) is 17.4. The van der Waals surface area contributed by atoms with Gasteiger partial charge in [-0.1, -0.05) is 66.2 Å². The fraction of sp³-hybridized carbons (Fsp3) is 0.622. The monoisotopic (exact) mass is 734 g/mol. The van der Waals surface area contributed by atoms with Crippen molar-refractivity contribution in [3.63, 3.8) is 0 Å². The number of halogens is 3. The zero-order chi connectivity index (χ0) is 39.1. The Balaban J connectivity index is 1.90. The van der Waals surface area contributed by atoms with Crippen molar-refractivity contribution in [2.24, 2.45) is 23.2 Å². The summed E-state index contributed by atoms with van der Waals surface area (Å²) >= 11 is 0. The predicted octanol–water partition coefficient (Wildman–Crippen LogP) is 3.86. The molecule has 5 amide bonds. The van der Waals surface area contributed by atoms with E-state index in [9.17, 15) is 41.9 Å². The summed E-state index contributed by atoms with van der Waals surface area (Å²) in [4.78, 5) is 81.4. The zero-order valence-corrected chi connectivity index (χ0v) is 31.1. The van der Waals surface area contributed by atoms with Gasteiger partial charge < -0.3 is 30.7 Å². The number of carbonyl (C=O) groups excluding carboxylic acids is 5. The number of pyridine rings is 1. The predicted molar refractivity (Wildman–Crippen MR) is 190 cm³/mol. The number of aromatic nitrogens is 1. The van der Waals surface area contributed by atoms with Crippen molar-refractivity contribution in [2.75, 3.05) is 13.1 Å². The van der Waals surface area contributed by atoms with Crippen LogP contribution in [0.4, 0.5) is 18.0 Å². The van der Waals surface area contributed by atoms with E-state index in [-0.39, 0.29) is 37.0 Å². The zero-order valence-electron chi connectivity index (χ0n) is 31.1. The van der Waals surface area contributed by atoms with Crippen LogP contribution in [0.15, 0.2) is 53.0 Å². The third-order valence-corrected chi connectivity index (χ3v) is 9.62. The number of nitrogens with zero attached hydrogens (tertiary/aromatic N) is 2. The topological polar surface area (TPSA) is 159 Å². The first-order chi connectivity index (χ1) is 24.2. The number of rotatable bonds is 16. The number of Topliss-reactive ketones (excluding diaryl/α,β-unsaturated/α-hetero) is 1. The van der Waals surface area contributed by atoms with Crippen molar-refractivity contribution in [3.8, 4) is 0 Å². The number of fused-ring (bicyclic) bond motifs is 1. The smallest absolute Gasteiger partial charge is 0.346 e. The van der Waals surface area contributed by atoms with E-state index in [1.807, 2.05) is 27.7 Å². The number of nitrogens with one attached hydrogen (secondary N) is 4. The van der Waals surface area contributed by atoms with E-state index in [1.165, 1.54) is 21.6 Å². The summed E-state index contributed by atoms with van der Waals surface area (Å²) in [6, 6.07) is -0.225. The van der Waals surface area contributed by atoms with Gasteiger partial charge in [-0.2, -0.15) is 13.2 Å². The Morgan fingerprint density at radius 1 is 1.02 bits per heavy atom. The molecule has 1 unspecified atom stereocenters. The van der Waals surface area contributed by atoms with E-state index >= 15 is 0 Å². The van der Waals surface area contributed by atoms with Gasteiger partial charge in [-0.25, -0.2) is 4.79 Å². The third-order valence-electron chi connectivity index (χ3n) is 9.62. The highest BCUT2D eigenvalue weighted by Gasteiger charge is 2.53. The fourth-order valence-corrected chi connectivity index (χ4v) is 6.61. The van der Waals surface area contributed by atoms with Crippen molar-refractivity contribution in [3.05, 3.63) is 58.6 Å². The highest BCUT2D eigenvalue weighted by atomic mass is 19.4. The van der Waals surface area contributed by atoms with Gasteiger partial charge in [0.05, 0.1) is 12.1 Å². The maximum Gasteiger partial charge on any atom is 0.389 e. The summed E-state index contributed by atoms with van der Waals surface area (Å²) in [6.45, 7) is 16.7. The molecule has 3 rings (SSSR count). The van der Waals surface area contributed by atoms with Gasteiger partial charge in [0.2, 0.25) is 17.6 Å². The van der Waals surface area contributed by atoms with Crippen molar-refractivity contribution >= 4 is 29.5 Å². The number of urea groups is 1. The summed E-state index contributed by atoms with van der Waals surface area (Å²) < 4.78 is 40.5. The maximum absolute atomic E-state index is 14.5. The molecular formula is C37H53F3N6O6. The molecule has 0 bridgehead atoms. The van der Waals surface area contributed by atoms with Gasteiger partial charge >= 0.3 is 12.2 Å². The first-order valence-corrected chi connectivity index (χ1v) is 17.7. The Bertz CT molecular complexity index is 1590. The molecular weight excluding hydrogens is 681 g/mol. The number of alkyl halides is 3. The number of likely N-dealkylation sites (tertiary alicyclic amines) is 1. The lowest BCUT2D eigenvalue weighted by Gasteiger charge is -2.37. The van der Waals surface area contributed by atoms with Gasteiger partial charge in [0.25, 0.3) is 11.5 Å². The first-order valence-electron chi connectivity index (χ1n) is 17.7. The molecule has 1 aromatic heterocycles. The van der Waals surface area contributed by atoms with Crippen molar-refractivity contribution in [1.82, 2.24) is 30.7 Å². The number of hydrogen-bond acceptors (Lipinski definition) is 6. The van der Waals surface area contributed by atoms with Crippen LogP contribution >= 0.6 is 0 Å². The minimum absolute atomic E-state index is 0.0651. The Hall–Kier alpha value is -4.43.